The first-order valence-electron chi connectivity index (χ1n) is 8.43. The number of benzene rings is 2. The minimum absolute atomic E-state index is 0.145. The fourth-order valence-corrected chi connectivity index (χ4v) is 2.83. The van der Waals surface area contributed by atoms with E-state index in [9.17, 15) is 9.59 Å². The van der Waals surface area contributed by atoms with E-state index in [2.05, 4.69) is 15.3 Å². The first kappa shape index (κ1) is 21.3. The van der Waals surface area contributed by atoms with Crippen LogP contribution in [0, 0.1) is 0 Å². The van der Waals surface area contributed by atoms with Crippen molar-refractivity contribution in [2.75, 3.05) is 26.6 Å². The molecular weight excluding hydrogens is 380 g/mol. The van der Waals surface area contributed by atoms with Crippen LogP contribution in [0.15, 0.2) is 53.6 Å². The average Bonchev–Trinajstić information content (AvgIpc) is 2.73. The maximum Gasteiger partial charge on any atom is 0.343 e. The largest absolute Gasteiger partial charge is 0.497 e. The monoisotopic (exact) mass is 402 g/mol. The number of hydrazone groups is 1. The summed E-state index contributed by atoms with van der Waals surface area (Å²) in [5, 5.41) is 3.94. The number of methoxy groups -OCH3 is 2. The van der Waals surface area contributed by atoms with Crippen LogP contribution in [0.3, 0.4) is 0 Å². The van der Waals surface area contributed by atoms with Crippen LogP contribution in [-0.4, -0.2) is 44.7 Å². The molecule has 0 aliphatic heterocycles. The molecule has 0 bridgehead atoms. The molecule has 148 valence electrons. The minimum atomic E-state index is -0.446. The Labute approximate surface area is 168 Å². The van der Waals surface area contributed by atoms with Crippen molar-refractivity contribution in [1.29, 1.82) is 0 Å². The van der Waals surface area contributed by atoms with Gasteiger partial charge in [-0.25, -0.2) is 10.2 Å². The van der Waals surface area contributed by atoms with Crippen molar-refractivity contribution in [3.05, 3.63) is 59.7 Å². The zero-order valence-corrected chi connectivity index (χ0v) is 16.5. The number of carbonyl (C=O) groups is 2. The first-order chi connectivity index (χ1) is 13.6. The van der Waals surface area contributed by atoms with Gasteiger partial charge in [-0.2, -0.15) is 5.10 Å². The van der Waals surface area contributed by atoms with E-state index in [0.29, 0.717) is 11.5 Å². The fraction of sp³-hybridized carbons (Fsp3) is 0.250. The molecule has 0 heterocycles. The van der Waals surface area contributed by atoms with E-state index in [4.69, 9.17) is 9.47 Å². The molecular formula is C20H22N2O5S. The lowest BCUT2D eigenvalue weighted by Gasteiger charge is -2.04. The third kappa shape index (κ3) is 7.71. The van der Waals surface area contributed by atoms with Crippen LogP contribution < -0.4 is 14.9 Å². The lowest BCUT2D eigenvalue weighted by Crippen LogP contribution is -2.19. The standard InChI is InChI=1S/C20H22N2O5S/c1-25-17-7-5-16(6-8-17)13-28-14-19(23)22-21-11-15-3-9-18(10-4-15)27-12-20(24)26-2/h3-11H,12-14H2,1-2H3,(H,22,23)/b21-11+. The summed E-state index contributed by atoms with van der Waals surface area (Å²) in [4.78, 5) is 22.8. The molecule has 0 atom stereocenters. The van der Waals surface area contributed by atoms with Crippen molar-refractivity contribution in [3.8, 4) is 11.5 Å². The highest BCUT2D eigenvalue weighted by atomic mass is 32.2. The average molecular weight is 402 g/mol. The molecule has 8 heteroatoms. The van der Waals surface area contributed by atoms with Crippen molar-refractivity contribution in [2.45, 2.75) is 5.75 Å². The van der Waals surface area contributed by atoms with Crippen LogP contribution in [0.2, 0.25) is 0 Å². The summed E-state index contributed by atoms with van der Waals surface area (Å²) in [5.41, 5.74) is 4.41. The number of hydrogen-bond acceptors (Lipinski definition) is 7. The number of rotatable bonds is 10. The van der Waals surface area contributed by atoms with Gasteiger partial charge in [0.2, 0.25) is 5.91 Å². The van der Waals surface area contributed by atoms with E-state index in [1.165, 1.54) is 25.1 Å². The lowest BCUT2D eigenvalue weighted by atomic mass is 10.2. The predicted octanol–water partition coefficient (Wildman–Crippen LogP) is 2.63. The van der Waals surface area contributed by atoms with Crippen molar-refractivity contribution >= 4 is 29.9 Å². The molecule has 7 nitrogen and oxygen atoms in total. The maximum absolute atomic E-state index is 11.8. The molecule has 28 heavy (non-hydrogen) atoms. The molecule has 1 amide bonds. The zero-order valence-electron chi connectivity index (χ0n) is 15.7. The zero-order chi connectivity index (χ0) is 20.2. The Bertz CT molecular complexity index is 791. The molecule has 0 radical (unpaired) electrons. The van der Waals surface area contributed by atoms with Gasteiger partial charge in [-0.1, -0.05) is 12.1 Å². The molecule has 0 spiro atoms. The van der Waals surface area contributed by atoms with Crippen molar-refractivity contribution in [3.63, 3.8) is 0 Å². The topological polar surface area (TPSA) is 86.2 Å². The van der Waals surface area contributed by atoms with E-state index in [1.807, 2.05) is 24.3 Å². The van der Waals surface area contributed by atoms with Crippen LogP contribution in [-0.2, 0) is 20.1 Å². The summed E-state index contributed by atoms with van der Waals surface area (Å²) in [7, 11) is 2.93. The third-order valence-electron chi connectivity index (χ3n) is 3.53. The van der Waals surface area contributed by atoms with E-state index >= 15 is 0 Å². The Morgan fingerprint density at radius 3 is 2.36 bits per heavy atom. The number of nitrogens with one attached hydrogen (secondary N) is 1. The molecule has 0 aliphatic carbocycles. The van der Waals surface area contributed by atoms with Crippen LogP contribution in [0.5, 0.6) is 11.5 Å². The summed E-state index contributed by atoms with van der Waals surface area (Å²) in [6.07, 6.45) is 1.54. The Hall–Kier alpha value is -3.00. The highest BCUT2D eigenvalue weighted by molar-refractivity contribution is 7.99. The SMILES string of the molecule is COC(=O)COc1ccc(/C=N/NC(=O)CSCc2ccc(OC)cc2)cc1. The molecule has 2 aromatic rings. The minimum Gasteiger partial charge on any atom is -0.497 e. The van der Waals surface area contributed by atoms with Crippen LogP contribution in [0.1, 0.15) is 11.1 Å². The molecule has 0 unspecified atom stereocenters. The number of nitrogens with zero attached hydrogens (tertiary/aromatic N) is 1. The Morgan fingerprint density at radius 1 is 1.04 bits per heavy atom. The molecule has 2 rings (SSSR count). The number of carbonyl (C=O) groups excluding carboxylic acids is 2. The first-order valence-corrected chi connectivity index (χ1v) is 9.58. The normalized spacial score (nSPS) is 10.5. The molecule has 0 aromatic heterocycles. The number of thioether (sulfide) groups is 1. The highest BCUT2D eigenvalue weighted by Gasteiger charge is 2.02. The number of esters is 1. The van der Waals surface area contributed by atoms with Gasteiger partial charge in [-0.05, 0) is 47.5 Å². The second kappa shape index (κ2) is 11.7. The van der Waals surface area contributed by atoms with Crippen molar-refractivity contribution < 1.29 is 23.8 Å². The molecule has 0 fully saturated rings. The second-order valence-corrected chi connectivity index (χ2v) is 6.55. The van der Waals surface area contributed by atoms with E-state index in [0.717, 1.165) is 22.6 Å². The smallest absolute Gasteiger partial charge is 0.343 e. The molecule has 0 aliphatic rings. The number of amides is 1. The molecule has 0 saturated carbocycles. The second-order valence-electron chi connectivity index (χ2n) is 5.57. The molecule has 0 saturated heterocycles. The summed E-state index contributed by atoms with van der Waals surface area (Å²) in [6.45, 7) is -0.145. The van der Waals surface area contributed by atoms with Gasteiger partial charge in [0.25, 0.3) is 0 Å². The highest BCUT2D eigenvalue weighted by Crippen LogP contribution is 2.16. The number of ether oxygens (including phenoxy) is 3. The maximum atomic E-state index is 11.8. The third-order valence-corrected chi connectivity index (χ3v) is 4.53. The van der Waals surface area contributed by atoms with E-state index in [1.54, 1.807) is 31.4 Å². The number of hydrogen-bond donors (Lipinski definition) is 1. The Kier molecular flexibility index (Phi) is 8.87. The van der Waals surface area contributed by atoms with Gasteiger partial charge in [0.1, 0.15) is 11.5 Å². The molecule has 1 N–H and O–H groups in total. The van der Waals surface area contributed by atoms with E-state index in [-0.39, 0.29) is 12.5 Å². The van der Waals surface area contributed by atoms with Crippen LogP contribution in [0.4, 0.5) is 0 Å². The summed E-state index contributed by atoms with van der Waals surface area (Å²) >= 11 is 1.50. The predicted molar refractivity (Wildman–Crippen MR) is 109 cm³/mol. The van der Waals surface area contributed by atoms with Crippen LogP contribution >= 0.6 is 11.8 Å². The quantitative estimate of drug-likeness (QED) is 0.374. The van der Waals surface area contributed by atoms with Gasteiger partial charge in [0, 0.05) is 5.75 Å². The van der Waals surface area contributed by atoms with Gasteiger partial charge in [-0.3, -0.25) is 4.79 Å². The van der Waals surface area contributed by atoms with Crippen LogP contribution in [0.25, 0.3) is 0 Å². The van der Waals surface area contributed by atoms with Gasteiger partial charge in [0.05, 0.1) is 26.2 Å². The fourth-order valence-electron chi connectivity index (χ4n) is 2.05. The summed E-state index contributed by atoms with van der Waals surface area (Å²) in [6, 6.07) is 14.7. The Morgan fingerprint density at radius 2 is 1.71 bits per heavy atom. The van der Waals surface area contributed by atoms with Gasteiger partial charge in [0.15, 0.2) is 6.61 Å². The Balaban J connectivity index is 1.68. The lowest BCUT2D eigenvalue weighted by molar-refractivity contribution is -0.142. The van der Waals surface area contributed by atoms with Crippen molar-refractivity contribution in [2.24, 2.45) is 5.10 Å². The van der Waals surface area contributed by atoms with Gasteiger partial charge in [-0.15, -0.1) is 11.8 Å². The van der Waals surface area contributed by atoms with Gasteiger partial charge >= 0.3 is 5.97 Å². The van der Waals surface area contributed by atoms with E-state index < -0.39 is 5.97 Å². The summed E-state index contributed by atoms with van der Waals surface area (Å²) in [5.74, 6) is 1.77. The van der Waals surface area contributed by atoms with Gasteiger partial charge < -0.3 is 14.2 Å². The van der Waals surface area contributed by atoms with Crippen molar-refractivity contribution in [1.82, 2.24) is 5.43 Å². The summed E-state index contributed by atoms with van der Waals surface area (Å²) < 4.78 is 14.9. The molecule has 2 aromatic carbocycles.